The minimum Gasteiger partial charge on any atom is -0.480 e. The van der Waals surface area contributed by atoms with Crippen LogP contribution in [0, 0.1) is 5.92 Å². The lowest BCUT2D eigenvalue weighted by Crippen LogP contribution is -2.45. The summed E-state index contributed by atoms with van der Waals surface area (Å²) in [5.74, 6) is -1.29. The first kappa shape index (κ1) is 15.1. The Morgan fingerprint density at radius 3 is 2.53 bits per heavy atom. The van der Waals surface area contributed by atoms with Gasteiger partial charge >= 0.3 is 5.97 Å². The molecular weight excluding hydrogens is 244 g/mol. The monoisotopic (exact) mass is 264 g/mol. The van der Waals surface area contributed by atoms with Crippen LogP contribution in [0.4, 0.5) is 0 Å². The minimum atomic E-state index is -0.980. The van der Waals surface area contributed by atoms with Gasteiger partial charge in [0.2, 0.25) is 5.91 Å². The normalized spacial score (nSPS) is 13.6. The molecule has 1 rings (SSSR count). The Bertz CT molecular complexity index is 420. The Balaban J connectivity index is 2.47. The van der Waals surface area contributed by atoms with Gasteiger partial charge < -0.3 is 10.4 Å². The van der Waals surface area contributed by atoms with Gasteiger partial charge in [0, 0.05) is 18.8 Å². The van der Waals surface area contributed by atoms with E-state index >= 15 is 0 Å². The standard InChI is InChI=1S/C14H20N2O3/c1-3-10(2)13(14(18)19)16-12(17)5-4-11-6-8-15-9-7-11/h6-10,13H,3-5H2,1-2H3,(H,16,17)(H,18,19)/t10-,13-/m0/s1. The van der Waals surface area contributed by atoms with Gasteiger partial charge in [-0.2, -0.15) is 0 Å². The second kappa shape index (κ2) is 7.51. The van der Waals surface area contributed by atoms with Gasteiger partial charge in [-0.3, -0.25) is 9.78 Å². The highest BCUT2D eigenvalue weighted by atomic mass is 16.4. The van der Waals surface area contributed by atoms with Crippen molar-refractivity contribution < 1.29 is 14.7 Å². The number of hydrogen-bond donors (Lipinski definition) is 2. The van der Waals surface area contributed by atoms with Crippen LogP contribution in [-0.2, 0) is 16.0 Å². The van der Waals surface area contributed by atoms with E-state index in [1.165, 1.54) is 0 Å². The molecule has 5 nitrogen and oxygen atoms in total. The van der Waals surface area contributed by atoms with Crippen LogP contribution in [0.1, 0.15) is 32.3 Å². The van der Waals surface area contributed by atoms with Crippen molar-refractivity contribution in [3.8, 4) is 0 Å². The number of aliphatic carboxylic acids is 1. The minimum absolute atomic E-state index is 0.0811. The van der Waals surface area contributed by atoms with Crippen molar-refractivity contribution in [2.75, 3.05) is 0 Å². The van der Waals surface area contributed by atoms with E-state index in [1.807, 2.05) is 26.0 Å². The molecule has 1 aromatic rings. The first-order chi connectivity index (χ1) is 9.04. The third kappa shape index (κ3) is 5.07. The summed E-state index contributed by atoms with van der Waals surface area (Å²) in [6, 6.07) is 2.88. The fourth-order valence-electron chi connectivity index (χ4n) is 1.74. The summed E-state index contributed by atoms with van der Waals surface area (Å²) in [7, 11) is 0. The molecule has 2 N–H and O–H groups in total. The molecule has 5 heteroatoms. The maximum Gasteiger partial charge on any atom is 0.326 e. The lowest BCUT2D eigenvalue weighted by Gasteiger charge is -2.20. The molecule has 0 saturated heterocycles. The van der Waals surface area contributed by atoms with E-state index < -0.39 is 12.0 Å². The number of pyridine rings is 1. The first-order valence-corrected chi connectivity index (χ1v) is 6.45. The zero-order valence-corrected chi connectivity index (χ0v) is 11.3. The fourth-order valence-corrected chi connectivity index (χ4v) is 1.74. The van der Waals surface area contributed by atoms with Gasteiger partial charge in [-0.1, -0.05) is 20.3 Å². The highest BCUT2D eigenvalue weighted by Gasteiger charge is 2.24. The molecule has 1 heterocycles. The number of rotatable bonds is 7. The number of amides is 1. The molecule has 19 heavy (non-hydrogen) atoms. The molecule has 0 fully saturated rings. The van der Waals surface area contributed by atoms with E-state index in [-0.39, 0.29) is 18.2 Å². The second-order valence-corrected chi connectivity index (χ2v) is 4.62. The first-order valence-electron chi connectivity index (χ1n) is 6.45. The van der Waals surface area contributed by atoms with Crippen LogP contribution >= 0.6 is 0 Å². The average Bonchev–Trinajstić information content (AvgIpc) is 2.42. The molecule has 0 aliphatic rings. The summed E-state index contributed by atoms with van der Waals surface area (Å²) < 4.78 is 0. The van der Waals surface area contributed by atoms with Crippen LogP contribution in [0.25, 0.3) is 0 Å². The van der Waals surface area contributed by atoms with E-state index in [0.717, 1.165) is 5.56 Å². The Morgan fingerprint density at radius 2 is 2.00 bits per heavy atom. The average molecular weight is 264 g/mol. The molecule has 0 unspecified atom stereocenters. The quantitative estimate of drug-likeness (QED) is 0.784. The van der Waals surface area contributed by atoms with E-state index in [2.05, 4.69) is 10.3 Å². The molecule has 0 bridgehead atoms. The number of carboxylic acid groups (broad SMARTS) is 1. The predicted octanol–water partition coefficient (Wildman–Crippen LogP) is 1.63. The van der Waals surface area contributed by atoms with Crippen molar-refractivity contribution in [2.45, 2.75) is 39.2 Å². The van der Waals surface area contributed by atoms with Crippen molar-refractivity contribution in [3.63, 3.8) is 0 Å². The number of hydrogen-bond acceptors (Lipinski definition) is 3. The Hall–Kier alpha value is -1.91. The van der Waals surface area contributed by atoms with Gasteiger partial charge in [0.15, 0.2) is 0 Å². The summed E-state index contributed by atoms with van der Waals surface area (Å²) in [6.45, 7) is 3.73. The topological polar surface area (TPSA) is 79.3 Å². The number of carbonyl (C=O) groups excluding carboxylic acids is 1. The maximum absolute atomic E-state index is 11.8. The number of carbonyl (C=O) groups is 2. The highest BCUT2D eigenvalue weighted by Crippen LogP contribution is 2.09. The molecule has 0 aliphatic heterocycles. The summed E-state index contributed by atoms with van der Waals surface area (Å²) >= 11 is 0. The van der Waals surface area contributed by atoms with Crippen molar-refractivity contribution in [1.82, 2.24) is 10.3 Å². The molecule has 0 spiro atoms. The Labute approximate surface area is 113 Å². The smallest absolute Gasteiger partial charge is 0.326 e. The van der Waals surface area contributed by atoms with Gasteiger partial charge in [-0.15, -0.1) is 0 Å². The van der Waals surface area contributed by atoms with Gasteiger partial charge in [-0.05, 0) is 30.0 Å². The number of carboxylic acids is 1. The molecule has 0 aliphatic carbocycles. The van der Waals surface area contributed by atoms with Crippen LogP contribution in [0.5, 0.6) is 0 Å². The van der Waals surface area contributed by atoms with Gasteiger partial charge in [-0.25, -0.2) is 4.79 Å². The zero-order chi connectivity index (χ0) is 14.3. The molecule has 104 valence electrons. The number of aryl methyl sites for hydroxylation is 1. The number of aromatic nitrogens is 1. The summed E-state index contributed by atoms with van der Waals surface area (Å²) in [5, 5.41) is 11.7. The molecule has 0 aromatic carbocycles. The molecule has 0 radical (unpaired) electrons. The van der Waals surface area contributed by atoms with Gasteiger partial charge in [0.25, 0.3) is 0 Å². The Kier molecular flexibility index (Phi) is 5.99. The maximum atomic E-state index is 11.8. The molecule has 0 saturated carbocycles. The summed E-state index contributed by atoms with van der Waals surface area (Å²) in [6.07, 6.45) is 4.92. The van der Waals surface area contributed by atoms with Crippen LogP contribution in [0.3, 0.4) is 0 Å². The number of nitrogens with one attached hydrogen (secondary N) is 1. The van der Waals surface area contributed by atoms with Crippen molar-refractivity contribution in [3.05, 3.63) is 30.1 Å². The third-order valence-electron chi connectivity index (χ3n) is 3.19. The van der Waals surface area contributed by atoms with E-state index in [4.69, 9.17) is 5.11 Å². The van der Waals surface area contributed by atoms with Crippen molar-refractivity contribution >= 4 is 11.9 Å². The van der Waals surface area contributed by atoms with Gasteiger partial charge in [0.1, 0.15) is 6.04 Å². The van der Waals surface area contributed by atoms with Crippen molar-refractivity contribution in [1.29, 1.82) is 0 Å². The molecule has 2 atom stereocenters. The predicted molar refractivity (Wildman–Crippen MR) is 71.6 cm³/mol. The number of nitrogens with zero attached hydrogens (tertiary/aromatic N) is 1. The zero-order valence-electron chi connectivity index (χ0n) is 11.3. The fraction of sp³-hybridized carbons (Fsp3) is 0.500. The molecular formula is C14H20N2O3. The second-order valence-electron chi connectivity index (χ2n) is 4.62. The van der Waals surface area contributed by atoms with Crippen LogP contribution in [-0.4, -0.2) is 28.0 Å². The Morgan fingerprint density at radius 1 is 1.37 bits per heavy atom. The summed E-state index contributed by atoms with van der Waals surface area (Å²) in [4.78, 5) is 26.7. The van der Waals surface area contributed by atoms with E-state index in [1.54, 1.807) is 12.4 Å². The largest absolute Gasteiger partial charge is 0.480 e. The molecule has 1 aromatic heterocycles. The lowest BCUT2D eigenvalue weighted by molar-refractivity contribution is -0.143. The van der Waals surface area contributed by atoms with Crippen molar-refractivity contribution in [2.24, 2.45) is 5.92 Å². The highest BCUT2D eigenvalue weighted by molar-refractivity contribution is 5.83. The van der Waals surface area contributed by atoms with E-state index in [9.17, 15) is 9.59 Å². The van der Waals surface area contributed by atoms with Crippen LogP contribution in [0.2, 0.25) is 0 Å². The summed E-state index contributed by atoms with van der Waals surface area (Å²) in [5.41, 5.74) is 1.01. The van der Waals surface area contributed by atoms with Crippen LogP contribution in [0.15, 0.2) is 24.5 Å². The third-order valence-corrected chi connectivity index (χ3v) is 3.19. The SMILES string of the molecule is CC[C@H](C)[C@H](NC(=O)CCc1ccncc1)C(=O)O. The van der Waals surface area contributed by atoms with E-state index in [0.29, 0.717) is 12.8 Å². The lowest BCUT2D eigenvalue weighted by atomic mass is 9.99. The van der Waals surface area contributed by atoms with Crippen LogP contribution < -0.4 is 5.32 Å². The molecule has 1 amide bonds. The van der Waals surface area contributed by atoms with Gasteiger partial charge in [0.05, 0.1) is 0 Å².